The van der Waals surface area contributed by atoms with Crippen LogP contribution in [0.25, 0.3) is 11.3 Å². The number of carbonyl (C=O) groups is 1. The summed E-state index contributed by atoms with van der Waals surface area (Å²) in [5.41, 5.74) is 3.49. The van der Waals surface area contributed by atoms with E-state index >= 15 is 0 Å². The van der Waals surface area contributed by atoms with E-state index in [0.29, 0.717) is 5.69 Å². The molecule has 0 fully saturated rings. The van der Waals surface area contributed by atoms with Crippen LogP contribution in [0.3, 0.4) is 0 Å². The molecule has 3 nitrogen and oxygen atoms in total. The summed E-state index contributed by atoms with van der Waals surface area (Å²) < 4.78 is 0. The quantitative estimate of drug-likeness (QED) is 0.731. The number of nitrogens with one attached hydrogen (secondary N) is 1. The van der Waals surface area contributed by atoms with E-state index in [9.17, 15) is 4.79 Å². The van der Waals surface area contributed by atoms with E-state index in [2.05, 4.69) is 9.97 Å². The Kier molecular flexibility index (Phi) is 2.14. The van der Waals surface area contributed by atoms with Crippen LogP contribution >= 0.6 is 0 Å². The van der Waals surface area contributed by atoms with Crippen LogP contribution in [0.15, 0.2) is 30.5 Å². The minimum absolute atomic E-state index is 0.586. The summed E-state index contributed by atoms with van der Waals surface area (Å²) >= 11 is 0. The maximum Gasteiger partial charge on any atom is 0.166 e. The van der Waals surface area contributed by atoms with Crippen molar-refractivity contribution in [2.75, 3.05) is 0 Å². The van der Waals surface area contributed by atoms with E-state index < -0.39 is 0 Å². The van der Waals surface area contributed by atoms with Gasteiger partial charge in [-0.3, -0.25) is 9.78 Å². The van der Waals surface area contributed by atoms with Crippen molar-refractivity contribution in [1.29, 1.82) is 0 Å². The van der Waals surface area contributed by atoms with Crippen molar-refractivity contribution in [2.45, 2.75) is 6.92 Å². The van der Waals surface area contributed by atoms with Crippen LogP contribution in [-0.2, 0) is 0 Å². The van der Waals surface area contributed by atoms with Crippen LogP contribution in [0.1, 0.15) is 16.2 Å². The predicted molar refractivity (Wildman–Crippen MR) is 54.1 cm³/mol. The minimum atomic E-state index is 0.586. The lowest BCUT2D eigenvalue weighted by atomic mass is 10.1. The number of carbonyl (C=O) groups excluding carboxylic acids is 1. The number of hydrogen-bond donors (Lipinski definition) is 1. The number of aldehydes is 1. The van der Waals surface area contributed by atoms with Gasteiger partial charge in [0.15, 0.2) is 6.29 Å². The third-order valence-electron chi connectivity index (χ3n) is 2.13. The molecule has 0 bridgehead atoms. The zero-order chi connectivity index (χ0) is 9.97. The first-order chi connectivity index (χ1) is 6.81. The molecule has 0 amide bonds. The molecule has 0 spiro atoms. The van der Waals surface area contributed by atoms with E-state index in [-0.39, 0.29) is 0 Å². The molecule has 2 aromatic heterocycles. The summed E-state index contributed by atoms with van der Waals surface area (Å²) in [6.45, 7) is 1.94. The molecule has 2 heterocycles. The van der Waals surface area contributed by atoms with Crippen LogP contribution in [0.4, 0.5) is 0 Å². The Morgan fingerprint density at radius 1 is 1.36 bits per heavy atom. The van der Waals surface area contributed by atoms with E-state index in [1.54, 1.807) is 12.3 Å². The molecule has 0 radical (unpaired) electrons. The van der Waals surface area contributed by atoms with Crippen molar-refractivity contribution < 1.29 is 4.79 Å². The standard InChI is InChI=1S/C11H10N2O/c1-8-10(3-2-6-12-8)11-5-4-9(7-14)13-11/h2-7,13H,1H3. The van der Waals surface area contributed by atoms with E-state index in [1.807, 2.05) is 25.1 Å². The number of pyridine rings is 1. The molecule has 14 heavy (non-hydrogen) atoms. The highest BCUT2D eigenvalue weighted by molar-refractivity contribution is 5.75. The Morgan fingerprint density at radius 3 is 2.86 bits per heavy atom. The number of aryl methyl sites for hydroxylation is 1. The largest absolute Gasteiger partial charge is 0.352 e. The Hall–Kier alpha value is -1.90. The van der Waals surface area contributed by atoms with Crippen LogP contribution in [0.2, 0.25) is 0 Å². The maximum atomic E-state index is 10.5. The molecule has 1 N–H and O–H groups in total. The molecule has 0 aliphatic heterocycles. The first kappa shape index (κ1) is 8.69. The van der Waals surface area contributed by atoms with E-state index in [0.717, 1.165) is 23.2 Å². The normalized spacial score (nSPS) is 10.1. The second kappa shape index (κ2) is 3.46. The third kappa shape index (κ3) is 1.44. The van der Waals surface area contributed by atoms with Gasteiger partial charge in [0, 0.05) is 23.1 Å². The first-order valence-electron chi connectivity index (χ1n) is 4.37. The zero-order valence-electron chi connectivity index (χ0n) is 7.82. The van der Waals surface area contributed by atoms with Crippen molar-refractivity contribution in [3.8, 4) is 11.3 Å². The molecule has 0 aromatic carbocycles. The summed E-state index contributed by atoms with van der Waals surface area (Å²) in [6.07, 6.45) is 2.55. The summed E-state index contributed by atoms with van der Waals surface area (Å²) in [6, 6.07) is 7.50. The van der Waals surface area contributed by atoms with Gasteiger partial charge in [-0.1, -0.05) is 0 Å². The van der Waals surface area contributed by atoms with Crippen molar-refractivity contribution >= 4 is 6.29 Å². The van der Waals surface area contributed by atoms with Crippen LogP contribution in [0, 0.1) is 6.92 Å². The fraction of sp³-hybridized carbons (Fsp3) is 0.0909. The predicted octanol–water partition coefficient (Wildman–Crippen LogP) is 2.20. The second-order valence-corrected chi connectivity index (χ2v) is 3.08. The maximum absolute atomic E-state index is 10.5. The van der Waals surface area contributed by atoms with E-state index in [1.165, 1.54) is 0 Å². The molecule has 70 valence electrons. The topological polar surface area (TPSA) is 45.8 Å². The Labute approximate surface area is 81.8 Å². The Morgan fingerprint density at radius 2 is 2.21 bits per heavy atom. The van der Waals surface area contributed by atoms with Crippen LogP contribution in [-0.4, -0.2) is 16.3 Å². The fourth-order valence-electron chi connectivity index (χ4n) is 1.41. The van der Waals surface area contributed by atoms with Crippen LogP contribution in [0.5, 0.6) is 0 Å². The van der Waals surface area contributed by atoms with Crippen molar-refractivity contribution in [1.82, 2.24) is 9.97 Å². The summed E-state index contributed by atoms with van der Waals surface area (Å²) in [7, 11) is 0. The molecule has 0 saturated carbocycles. The molecular formula is C11H10N2O. The highest BCUT2D eigenvalue weighted by atomic mass is 16.1. The fourth-order valence-corrected chi connectivity index (χ4v) is 1.41. The summed E-state index contributed by atoms with van der Waals surface area (Å²) in [5, 5.41) is 0. The van der Waals surface area contributed by atoms with Gasteiger partial charge in [0.1, 0.15) is 0 Å². The van der Waals surface area contributed by atoms with Gasteiger partial charge in [-0.05, 0) is 31.2 Å². The lowest BCUT2D eigenvalue weighted by molar-refractivity contribution is 0.111. The van der Waals surface area contributed by atoms with Crippen molar-refractivity contribution in [3.05, 3.63) is 41.9 Å². The smallest absolute Gasteiger partial charge is 0.166 e. The molecular weight excluding hydrogens is 176 g/mol. The number of rotatable bonds is 2. The molecule has 3 heteroatoms. The van der Waals surface area contributed by atoms with Crippen LogP contribution < -0.4 is 0 Å². The third-order valence-corrected chi connectivity index (χ3v) is 2.13. The van der Waals surface area contributed by atoms with Gasteiger partial charge in [0.2, 0.25) is 0 Å². The molecule has 2 aromatic rings. The number of hydrogen-bond acceptors (Lipinski definition) is 2. The van der Waals surface area contributed by atoms with Gasteiger partial charge in [-0.2, -0.15) is 0 Å². The minimum Gasteiger partial charge on any atom is -0.352 e. The molecule has 0 saturated heterocycles. The van der Waals surface area contributed by atoms with Crippen molar-refractivity contribution in [2.24, 2.45) is 0 Å². The lowest BCUT2D eigenvalue weighted by Crippen LogP contribution is -1.87. The Bertz CT molecular complexity index is 460. The van der Waals surface area contributed by atoms with Gasteiger partial charge < -0.3 is 4.98 Å². The van der Waals surface area contributed by atoms with Gasteiger partial charge >= 0.3 is 0 Å². The second-order valence-electron chi connectivity index (χ2n) is 3.08. The number of aromatic amines is 1. The SMILES string of the molecule is Cc1ncccc1-c1ccc(C=O)[nH]1. The number of nitrogens with zero attached hydrogens (tertiary/aromatic N) is 1. The summed E-state index contributed by atoms with van der Waals surface area (Å²) in [5.74, 6) is 0. The Balaban J connectivity index is 2.49. The molecule has 0 aliphatic rings. The lowest BCUT2D eigenvalue weighted by Gasteiger charge is -2.00. The van der Waals surface area contributed by atoms with Gasteiger partial charge in [-0.15, -0.1) is 0 Å². The monoisotopic (exact) mass is 186 g/mol. The molecule has 0 aliphatic carbocycles. The van der Waals surface area contributed by atoms with Crippen molar-refractivity contribution in [3.63, 3.8) is 0 Å². The number of H-pyrrole nitrogens is 1. The van der Waals surface area contributed by atoms with Gasteiger partial charge in [0.05, 0.1) is 5.69 Å². The zero-order valence-corrected chi connectivity index (χ0v) is 7.82. The van der Waals surface area contributed by atoms with Gasteiger partial charge in [-0.25, -0.2) is 0 Å². The highest BCUT2D eigenvalue weighted by Gasteiger charge is 2.03. The van der Waals surface area contributed by atoms with E-state index in [4.69, 9.17) is 0 Å². The molecule has 0 atom stereocenters. The average molecular weight is 186 g/mol. The molecule has 2 rings (SSSR count). The molecule has 0 unspecified atom stereocenters. The number of aromatic nitrogens is 2. The summed E-state index contributed by atoms with van der Waals surface area (Å²) in [4.78, 5) is 17.7. The van der Waals surface area contributed by atoms with Gasteiger partial charge in [0.25, 0.3) is 0 Å². The average Bonchev–Trinajstić information content (AvgIpc) is 2.67. The highest BCUT2D eigenvalue weighted by Crippen LogP contribution is 2.19. The first-order valence-corrected chi connectivity index (χ1v) is 4.37.